The third-order valence-corrected chi connectivity index (χ3v) is 4.50. The lowest BCUT2D eigenvalue weighted by molar-refractivity contribution is 0.188. The van der Waals surface area contributed by atoms with E-state index in [1.165, 1.54) is 12.1 Å². The number of likely N-dealkylation sites (tertiary alicyclic amines) is 1. The Balaban J connectivity index is 2.14. The minimum Gasteiger partial charge on any atom is -0.329 e. The van der Waals surface area contributed by atoms with Gasteiger partial charge in [0.1, 0.15) is 11.6 Å². The Morgan fingerprint density at radius 2 is 2.05 bits per heavy atom. The van der Waals surface area contributed by atoms with Crippen LogP contribution in [0.3, 0.4) is 0 Å². The van der Waals surface area contributed by atoms with Crippen LogP contribution < -0.4 is 5.73 Å². The number of nitrogens with zero attached hydrogens (tertiary/aromatic N) is 2. The highest BCUT2D eigenvalue weighted by atomic mass is 19.1. The number of hydrogen-bond donors (Lipinski definition) is 1. The maximum atomic E-state index is 14.0. The minimum atomic E-state index is -0.413. The van der Waals surface area contributed by atoms with E-state index in [1.54, 1.807) is 0 Å². The maximum Gasteiger partial charge on any atom is 0.128 e. The molecule has 0 aromatic heterocycles. The molecule has 5 heteroatoms. The molecule has 1 aliphatic rings. The van der Waals surface area contributed by atoms with Crippen LogP contribution in [0.1, 0.15) is 31.9 Å². The van der Waals surface area contributed by atoms with E-state index in [1.807, 2.05) is 0 Å². The van der Waals surface area contributed by atoms with Gasteiger partial charge < -0.3 is 5.73 Å². The first-order chi connectivity index (χ1) is 10.1. The second-order valence-electron chi connectivity index (χ2n) is 5.58. The topological polar surface area (TPSA) is 32.5 Å². The molecule has 3 nitrogen and oxygen atoms in total. The van der Waals surface area contributed by atoms with Gasteiger partial charge in [-0.2, -0.15) is 0 Å². The Bertz CT molecular complexity index is 463. The molecule has 1 fully saturated rings. The fourth-order valence-electron chi connectivity index (χ4n) is 3.33. The fourth-order valence-corrected chi connectivity index (χ4v) is 3.33. The Morgan fingerprint density at radius 3 is 2.67 bits per heavy atom. The lowest BCUT2D eigenvalue weighted by atomic mass is 10.0. The van der Waals surface area contributed by atoms with E-state index in [0.29, 0.717) is 18.2 Å². The highest BCUT2D eigenvalue weighted by molar-refractivity contribution is 5.23. The van der Waals surface area contributed by atoms with Crippen LogP contribution >= 0.6 is 0 Å². The van der Waals surface area contributed by atoms with Gasteiger partial charge in [0, 0.05) is 31.2 Å². The first-order valence-electron chi connectivity index (χ1n) is 7.73. The highest BCUT2D eigenvalue weighted by Gasteiger charge is 2.32. The van der Waals surface area contributed by atoms with Crippen LogP contribution in [0.25, 0.3) is 0 Å². The van der Waals surface area contributed by atoms with Gasteiger partial charge >= 0.3 is 0 Å². The first kappa shape index (κ1) is 16.3. The van der Waals surface area contributed by atoms with Crippen LogP contribution in [-0.2, 0) is 0 Å². The summed E-state index contributed by atoms with van der Waals surface area (Å²) in [6, 6.07) is 3.84. The Labute approximate surface area is 125 Å². The average Bonchev–Trinajstić information content (AvgIpc) is 2.94. The second kappa shape index (κ2) is 7.29. The second-order valence-corrected chi connectivity index (χ2v) is 5.58. The standard InChI is InChI=1S/C16H25F2N3/c1-3-20(4-2)13-7-8-21(11-13)16(10-19)14-9-12(17)5-6-15(14)18/h5-6,9,13,16H,3-4,7-8,10-11,19H2,1-2H3. The van der Waals surface area contributed by atoms with Gasteiger partial charge in [0.25, 0.3) is 0 Å². The lowest BCUT2D eigenvalue weighted by Crippen LogP contribution is -2.39. The van der Waals surface area contributed by atoms with E-state index in [0.717, 1.165) is 38.7 Å². The van der Waals surface area contributed by atoms with Crippen LogP contribution in [0.2, 0.25) is 0 Å². The number of rotatable bonds is 6. The average molecular weight is 297 g/mol. The summed E-state index contributed by atoms with van der Waals surface area (Å²) in [7, 11) is 0. The predicted molar refractivity (Wildman–Crippen MR) is 81.1 cm³/mol. The number of likely N-dealkylation sites (N-methyl/N-ethyl adjacent to an activating group) is 1. The zero-order chi connectivity index (χ0) is 15.4. The molecule has 1 heterocycles. The molecular formula is C16H25F2N3. The van der Waals surface area contributed by atoms with Gasteiger partial charge in [0.05, 0.1) is 6.04 Å². The van der Waals surface area contributed by atoms with Crippen LogP contribution in [0.15, 0.2) is 18.2 Å². The summed E-state index contributed by atoms with van der Waals surface area (Å²) < 4.78 is 27.4. The zero-order valence-electron chi connectivity index (χ0n) is 12.9. The Morgan fingerprint density at radius 1 is 1.33 bits per heavy atom. The van der Waals surface area contributed by atoms with E-state index in [-0.39, 0.29) is 11.9 Å². The molecule has 1 aliphatic heterocycles. The molecule has 2 N–H and O–H groups in total. The molecule has 0 bridgehead atoms. The van der Waals surface area contributed by atoms with E-state index >= 15 is 0 Å². The molecular weight excluding hydrogens is 272 g/mol. The summed E-state index contributed by atoms with van der Waals surface area (Å²) in [5, 5.41) is 0. The van der Waals surface area contributed by atoms with Gasteiger partial charge in [0.15, 0.2) is 0 Å². The Kier molecular flexibility index (Phi) is 5.67. The molecule has 1 saturated heterocycles. The van der Waals surface area contributed by atoms with E-state index in [4.69, 9.17) is 5.73 Å². The van der Waals surface area contributed by atoms with E-state index < -0.39 is 5.82 Å². The van der Waals surface area contributed by atoms with Crippen molar-refractivity contribution in [1.29, 1.82) is 0 Å². The maximum absolute atomic E-state index is 14.0. The van der Waals surface area contributed by atoms with Gasteiger partial charge in [0.2, 0.25) is 0 Å². The third-order valence-electron chi connectivity index (χ3n) is 4.50. The van der Waals surface area contributed by atoms with Crippen LogP contribution in [0.4, 0.5) is 8.78 Å². The summed E-state index contributed by atoms with van der Waals surface area (Å²) in [6.45, 7) is 8.36. The van der Waals surface area contributed by atoms with E-state index in [2.05, 4.69) is 23.6 Å². The highest BCUT2D eigenvalue weighted by Crippen LogP contribution is 2.28. The Hall–Kier alpha value is -1.04. The number of halogens is 2. The fraction of sp³-hybridized carbons (Fsp3) is 0.625. The minimum absolute atomic E-state index is 0.249. The van der Waals surface area contributed by atoms with Gasteiger partial charge in [-0.25, -0.2) is 8.78 Å². The largest absolute Gasteiger partial charge is 0.329 e. The van der Waals surface area contributed by atoms with Gasteiger partial charge in [-0.05, 0) is 37.7 Å². The molecule has 0 saturated carbocycles. The summed E-state index contributed by atoms with van der Waals surface area (Å²) in [5.74, 6) is -0.789. The third kappa shape index (κ3) is 3.59. The molecule has 0 spiro atoms. The van der Waals surface area contributed by atoms with Crippen LogP contribution in [0.5, 0.6) is 0 Å². The lowest BCUT2D eigenvalue weighted by Gasteiger charge is -2.30. The van der Waals surface area contributed by atoms with Gasteiger partial charge in [-0.15, -0.1) is 0 Å². The smallest absolute Gasteiger partial charge is 0.128 e. The van der Waals surface area contributed by atoms with Crippen molar-refractivity contribution in [1.82, 2.24) is 9.80 Å². The first-order valence-corrected chi connectivity index (χ1v) is 7.73. The van der Waals surface area contributed by atoms with Crippen molar-refractivity contribution in [2.24, 2.45) is 5.73 Å². The van der Waals surface area contributed by atoms with Crippen LogP contribution in [-0.4, -0.2) is 48.6 Å². The number of hydrogen-bond acceptors (Lipinski definition) is 3. The molecule has 2 atom stereocenters. The van der Waals surface area contributed by atoms with E-state index in [9.17, 15) is 8.78 Å². The van der Waals surface area contributed by atoms with Crippen molar-refractivity contribution < 1.29 is 8.78 Å². The van der Waals surface area contributed by atoms with Gasteiger partial charge in [-0.3, -0.25) is 9.80 Å². The summed E-state index contributed by atoms with van der Waals surface area (Å²) >= 11 is 0. The molecule has 1 aromatic carbocycles. The predicted octanol–water partition coefficient (Wildman–Crippen LogP) is 2.38. The quantitative estimate of drug-likeness (QED) is 0.875. The van der Waals surface area contributed by atoms with Crippen molar-refractivity contribution in [2.45, 2.75) is 32.4 Å². The molecule has 21 heavy (non-hydrogen) atoms. The molecule has 0 amide bonds. The van der Waals surface area contributed by atoms with Crippen LogP contribution in [0, 0.1) is 11.6 Å². The molecule has 1 aromatic rings. The molecule has 0 aliphatic carbocycles. The monoisotopic (exact) mass is 297 g/mol. The number of nitrogens with two attached hydrogens (primary N) is 1. The number of benzene rings is 1. The van der Waals surface area contributed by atoms with Crippen molar-refractivity contribution in [2.75, 3.05) is 32.7 Å². The normalized spacial score (nSPS) is 21.1. The molecule has 118 valence electrons. The SMILES string of the molecule is CCN(CC)C1CCN(C(CN)c2cc(F)ccc2F)C1. The summed E-state index contributed by atoms with van der Waals surface area (Å²) in [5.41, 5.74) is 6.22. The van der Waals surface area contributed by atoms with Crippen molar-refractivity contribution in [3.8, 4) is 0 Å². The van der Waals surface area contributed by atoms with Crippen molar-refractivity contribution in [3.05, 3.63) is 35.4 Å². The summed E-state index contributed by atoms with van der Waals surface area (Å²) in [4.78, 5) is 4.59. The summed E-state index contributed by atoms with van der Waals surface area (Å²) in [6.07, 6.45) is 1.05. The van der Waals surface area contributed by atoms with Gasteiger partial charge in [-0.1, -0.05) is 13.8 Å². The zero-order valence-corrected chi connectivity index (χ0v) is 12.9. The molecule has 2 rings (SSSR count). The van der Waals surface area contributed by atoms with Crippen molar-refractivity contribution in [3.63, 3.8) is 0 Å². The van der Waals surface area contributed by atoms with Crippen molar-refractivity contribution >= 4 is 0 Å². The molecule has 2 unspecified atom stereocenters. The molecule has 0 radical (unpaired) electrons.